The van der Waals surface area contributed by atoms with Gasteiger partial charge in [0.25, 0.3) is 20.2 Å². The van der Waals surface area contributed by atoms with Crippen LogP contribution < -0.4 is 5.73 Å². The Balaban J connectivity index is 2.57. The smallest absolute Gasteiger partial charge is 0.296 e. The molecular formula is C17H15NO9S3. The van der Waals surface area contributed by atoms with Crippen molar-refractivity contribution in [2.75, 3.05) is 5.73 Å². The number of rotatable bonds is 4. The maximum absolute atomic E-state index is 13.3. The van der Waals surface area contributed by atoms with Gasteiger partial charge in [0, 0.05) is 11.5 Å². The Hall–Kier alpha value is -2.71. The highest BCUT2D eigenvalue weighted by atomic mass is 32.2. The van der Waals surface area contributed by atoms with Crippen LogP contribution >= 0.6 is 0 Å². The van der Waals surface area contributed by atoms with Crippen molar-refractivity contribution < 1.29 is 39.5 Å². The van der Waals surface area contributed by atoms with Crippen LogP contribution in [0.1, 0.15) is 5.56 Å². The quantitative estimate of drug-likeness (QED) is 0.321. The molecule has 0 saturated heterocycles. The summed E-state index contributed by atoms with van der Waals surface area (Å²) in [6, 6.07) is 7.47. The summed E-state index contributed by atoms with van der Waals surface area (Å²) in [6.45, 7) is 1.71. The Kier molecular flexibility index (Phi) is 5.07. The number of phenols is 1. The van der Waals surface area contributed by atoms with E-state index in [9.17, 15) is 39.5 Å². The standard InChI is InChI=1S/C17H15NO9S3/c1-9-2-4-11(5-3-9)28(20,21)17-15-10(7-14(16(17)18)30(25,26)27)6-12(8-13(15)19)29(22,23)24/h2-8,19H,18H2,1H3,(H,22,23,24)(H,25,26,27). The highest BCUT2D eigenvalue weighted by Gasteiger charge is 2.31. The normalized spacial score (nSPS) is 12.9. The van der Waals surface area contributed by atoms with Crippen molar-refractivity contribution in [3.05, 3.63) is 48.0 Å². The van der Waals surface area contributed by atoms with E-state index in [0.717, 1.165) is 11.6 Å². The van der Waals surface area contributed by atoms with Crippen LogP contribution in [0.3, 0.4) is 0 Å². The van der Waals surface area contributed by atoms with E-state index in [2.05, 4.69) is 0 Å². The Morgan fingerprint density at radius 3 is 1.87 bits per heavy atom. The summed E-state index contributed by atoms with van der Waals surface area (Å²) in [4.78, 5) is -2.95. The van der Waals surface area contributed by atoms with E-state index in [1.54, 1.807) is 6.92 Å². The average molecular weight is 474 g/mol. The monoisotopic (exact) mass is 473 g/mol. The molecule has 13 heteroatoms. The van der Waals surface area contributed by atoms with Crippen molar-refractivity contribution in [3.63, 3.8) is 0 Å². The van der Waals surface area contributed by atoms with Gasteiger partial charge in [0.1, 0.15) is 15.5 Å². The summed E-state index contributed by atoms with van der Waals surface area (Å²) in [5.74, 6) is -0.889. The molecule has 3 aromatic carbocycles. The Bertz CT molecular complexity index is 1510. The zero-order chi connectivity index (χ0) is 22.6. The Morgan fingerprint density at radius 1 is 0.800 bits per heavy atom. The number of anilines is 1. The van der Waals surface area contributed by atoms with Gasteiger partial charge in [0.05, 0.1) is 15.5 Å². The van der Waals surface area contributed by atoms with Crippen molar-refractivity contribution in [1.29, 1.82) is 0 Å². The number of phenolic OH excluding ortho intramolecular Hbond substituents is 1. The van der Waals surface area contributed by atoms with E-state index in [1.165, 1.54) is 24.3 Å². The highest BCUT2D eigenvalue weighted by Crippen LogP contribution is 2.42. The number of fused-ring (bicyclic) bond motifs is 1. The number of hydrogen-bond acceptors (Lipinski definition) is 8. The topological polar surface area (TPSA) is 189 Å². The molecule has 0 bridgehead atoms. The number of hydrogen-bond donors (Lipinski definition) is 4. The number of nitrogens with two attached hydrogens (primary N) is 1. The second-order valence-corrected chi connectivity index (χ2v) is 11.1. The van der Waals surface area contributed by atoms with Gasteiger partial charge in [-0.1, -0.05) is 17.7 Å². The maximum Gasteiger partial charge on any atom is 0.296 e. The SMILES string of the molecule is Cc1ccc(S(=O)(=O)c2c(N)c(S(=O)(=O)O)cc3cc(S(=O)(=O)O)cc(O)c23)cc1. The largest absolute Gasteiger partial charge is 0.507 e. The molecule has 0 aromatic heterocycles. The summed E-state index contributed by atoms with van der Waals surface area (Å²) < 4.78 is 91.7. The van der Waals surface area contributed by atoms with Crippen LogP contribution in [-0.4, -0.2) is 39.5 Å². The van der Waals surface area contributed by atoms with Crippen LogP contribution in [0.2, 0.25) is 0 Å². The first-order valence-electron chi connectivity index (χ1n) is 8.00. The summed E-state index contributed by atoms with van der Waals surface area (Å²) in [5, 5.41) is 9.48. The first-order chi connectivity index (χ1) is 13.6. The minimum atomic E-state index is -5.04. The Morgan fingerprint density at radius 2 is 1.37 bits per heavy atom. The number of aromatic hydroxyl groups is 1. The molecule has 0 unspecified atom stereocenters. The van der Waals surface area contributed by atoms with Crippen LogP contribution in [0, 0.1) is 6.92 Å². The van der Waals surface area contributed by atoms with Crippen LogP contribution in [0.15, 0.2) is 62.0 Å². The van der Waals surface area contributed by atoms with E-state index < -0.39 is 67.0 Å². The number of sulfone groups is 1. The van der Waals surface area contributed by atoms with Gasteiger partial charge in [-0.25, -0.2) is 8.42 Å². The fourth-order valence-electron chi connectivity index (χ4n) is 2.93. The van der Waals surface area contributed by atoms with E-state index in [-0.39, 0.29) is 4.90 Å². The summed E-state index contributed by atoms with van der Waals surface area (Å²) in [7, 11) is -14.4. The molecule has 0 fully saturated rings. The third-order valence-electron chi connectivity index (χ3n) is 4.32. The number of benzene rings is 3. The fourth-order valence-corrected chi connectivity index (χ4v) is 5.80. The predicted molar refractivity (Wildman–Crippen MR) is 106 cm³/mol. The number of aryl methyl sites for hydroxylation is 1. The molecule has 0 heterocycles. The van der Waals surface area contributed by atoms with Gasteiger partial charge in [-0.05, 0) is 36.6 Å². The predicted octanol–water partition coefficient (Wildman–Crippen LogP) is 1.76. The van der Waals surface area contributed by atoms with Crippen molar-refractivity contribution in [1.82, 2.24) is 0 Å². The summed E-state index contributed by atoms with van der Waals surface area (Å²) in [5.41, 5.74) is 5.66. The van der Waals surface area contributed by atoms with Crippen LogP contribution in [0.4, 0.5) is 5.69 Å². The van der Waals surface area contributed by atoms with Crippen LogP contribution in [-0.2, 0) is 30.1 Å². The maximum atomic E-state index is 13.3. The minimum absolute atomic E-state index is 0.285. The first-order valence-corrected chi connectivity index (χ1v) is 12.4. The second kappa shape index (κ2) is 6.92. The zero-order valence-electron chi connectivity index (χ0n) is 15.1. The Labute approximate surface area is 172 Å². The van der Waals surface area contributed by atoms with Gasteiger partial charge in [-0.2, -0.15) is 16.8 Å². The third-order valence-corrected chi connectivity index (χ3v) is 7.90. The molecule has 10 nitrogen and oxygen atoms in total. The van der Waals surface area contributed by atoms with E-state index in [0.29, 0.717) is 12.1 Å². The van der Waals surface area contributed by atoms with Crippen LogP contribution in [0.5, 0.6) is 5.75 Å². The summed E-state index contributed by atoms with van der Waals surface area (Å²) >= 11 is 0. The molecule has 0 radical (unpaired) electrons. The molecule has 160 valence electrons. The van der Waals surface area contributed by atoms with Gasteiger partial charge >= 0.3 is 0 Å². The van der Waals surface area contributed by atoms with Crippen molar-refractivity contribution >= 4 is 46.5 Å². The lowest BCUT2D eigenvalue weighted by Crippen LogP contribution is -2.12. The van der Waals surface area contributed by atoms with E-state index >= 15 is 0 Å². The van der Waals surface area contributed by atoms with E-state index in [1.807, 2.05) is 0 Å². The molecular weight excluding hydrogens is 458 g/mol. The molecule has 30 heavy (non-hydrogen) atoms. The lowest BCUT2D eigenvalue weighted by molar-refractivity contribution is 0.470. The molecule has 0 aliphatic heterocycles. The molecule has 3 rings (SSSR count). The average Bonchev–Trinajstić information content (AvgIpc) is 2.60. The highest BCUT2D eigenvalue weighted by molar-refractivity contribution is 7.92. The molecule has 0 atom stereocenters. The van der Waals surface area contributed by atoms with Gasteiger partial charge in [-0.3, -0.25) is 9.11 Å². The third kappa shape index (κ3) is 3.73. The lowest BCUT2D eigenvalue weighted by atomic mass is 10.1. The van der Waals surface area contributed by atoms with Crippen molar-refractivity contribution in [3.8, 4) is 5.75 Å². The first kappa shape index (κ1) is 22.0. The van der Waals surface area contributed by atoms with Gasteiger partial charge in [-0.15, -0.1) is 0 Å². The minimum Gasteiger partial charge on any atom is -0.507 e. The van der Waals surface area contributed by atoms with Crippen molar-refractivity contribution in [2.45, 2.75) is 26.5 Å². The fraction of sp³-hybridized carbons (Fsp3) is 0.0588. The molecule has 0 saturated carbocycles. The summed E-state index contributed by atoms with van der Waals surface area (Å²) in [6.07, 6.45) is 0. The number of nitrogen functional groups attached to an aromatic ring is 1. The molecule has 3 aromatic rings. The van der Waals surface area contributed by atoms with Crippen molar-refractivity contribution in [2.24, 2.45) is 0 Å². The molecule has 0 spiro atoms. The second-order valence-electron chi connectivity index (χ2n) is 6.42. The van der Waals surface area contributed by atoms with Gasteiger partial charge in [0.2, 0.25) is 9.84 Å². The van der Waals surface area contributed by atoms with Gasteiger partial charge in [0.15, 0.2) is 0 Å². The molecule has 0 aliphatic rings. The van der Waals surface area contributed by atoms with Crippen LogP contribution in [0.25, 0.3) is 10.8 Å². The van der Waals surface area contributed by atoms with Gasteiger partial charge < -0.3 is 10.8 Å². The molecule has 0 amide bonds. The lowest BCUT2D eigenvalue weighted by Gasteiger charge is -2.16. The zero-order valence-corrected chi connectivity index (χ0v) is 17.6. The molecule has 5 N–H and O–H groups in total. The molecule has 0 aliphatic carbocycles. The van der Waals surface area contributed by atoms with E-state index in [4.69, 9.17) is 5.73 Å².